The Morgan fingerprint density at radius 2 is 2.46 bits per heavy atom. The van der Waals surface area contributed by atoms with Gasteiger partial charge in [0.2, 0.25) is 0 Å². The second-order valence-electron chi connectivity index (χ2n) is 3.66. The van der Waals surface area contributed by atoms with E-state index < -0.39 is 0 Å². The van der Waals surface area contributed by atoms with E-state index in [4.69, 9.17) is 11.0 Å². The third-order valence-corrected chi connectivity index (χ3v) is 2.48. The van der Waals surface area contributed by atoms with Crippen molar-refractivity contribution in [3.05, 3.63) is 18.0 Å². The Morgan fingerprint density at radius 1 is 1.69 bits per heavy atom. The van der Waals surface area contributed by atoms with Crippen molar-refractivity contribution >= 4 is 0 Å². The van der Waals surface area contributed by atoms with E-state index in [1.54, 1.807) is 12.4 Å². The Bertz CT molecular complexity index is 330. The monoisotopic (exact) mass is 176 g/mol. The van der Waals surface area contributed by atoms with Crippen LogP contribution in [-0.2, 0) is 6.54 Å². The minimum atomic E-state index is 0.385. The Kier molecular flexibility index (Phi) is 2.03. The fraction of sp³-hybridized carbons (Fsp3) is 0.556. The van der Waals surface area contributed by atoms with Crippen LogP contribution in [0.15, 0.2) is 12.4 Å². The maximum Gasteiger partial charge on any atom is 0.102 e. The molecule has 2 rings (SSSR count). The summed E-state index contributed by atoms with van der Waals surface area (Å²) in [6.45, 7) is 0.898. The molecule has 1 heterocycles. The molecule has 1 saturated carbocycles. The van der Waals surface area contributed by atoms with E-state index in [2.05, 4.69) is 11.2 Å². The van der Waals surface area contributed by atoms with Gasteiger partial charge < -0.3 is 5.73 Å². The summed E-state index contributed by atoms with van der Waals surface area (Å²) >= 11 is 0. The zero-order chi connectivity index (χ0) is 9.26. The second kappa shape index (κ2) is 3.19. The molecule has 1 aromatic rings. The molecule has 1 fully saturated rings. The summed E-state index contributed by atoms with van der Waals surface area (Å²) in [7, 11) is 0. The van der Waals surface area contributed by atoms with Crippen molar-refractivity contribution in [3.63, 3.8) is 0 Å². The molecule has 68 valence electrons. The van der Waals surface area contributed by atoms with Crippen LogP contribution in [0.1, 0.15) is 18.4 Å². The molecule has 0 aliphatic heterocycles. The molecule has 0 bridgehead atoms. The smallest absolute Gasteiger partial charge is 0.102 e. The van der Waals surface area contributed by atoms with Crippen LogP contribution in [-0.4, -0.2) is 15.8 Å². The number of hydrogen-bond donors (Lipinski definition) is 1. The summed E-state index contributed by atoms with van der Waals surface area (Å²) in [6, 6.07) is 2.44. The van der Waals surface area contributed by atoms with Gasteiger partial charge in [-0.3, -0.25) is 4.68 Å². The molecule has 13 heavy (non-hydrogen) atoms. The van der Waals surface area contributed by atoms with Crippen molar-refractivity contribution in [1.82, 2.24) is 9.78 Å². The predicted octanol–water partition coefficient (Wildman–Crippen LogP) is 0.492. The lowest BCUT2D eigenvalue weighted by Crippen LogP contribution is -2.38. The number of nitrogens with two attached hydrogens (primary N) is 1. The van der Waals surface area contributed by atoms with Crippen LogP contribution >= 0.6 is 0 Å². The van der Waals surface area contributed by atoms with E-state index in [9.17, 15) is 0 Å². The van der Waals surface area contributed by atoms with E-state index in [1.807, 2.05) is 4.68 Å². The summed E-state index contributed by atoms with van der Waals surface area (Å²) in [5.74, 6) is 0.654. The summed E-state index contributed by atoms with van der Waals surface area (Å²) < 4.78 is 1.83. The highest BCUT2D eigenvalue weighted by Gasteiger charge is 2.26. The standard InChI is InChI=1S/C9H12N4/c10-3-8-4-12-13(6-8)5-7-1-9(11)2-7/h4,6-7,9H,1-2,5,11H2. The first-order chi connectivity index (χ1) is 6.28. The highest BCUT2D eigenvalue weighted by Crippen LogP contribution is 2.26. The average molecular weight is 176 g/mol. The van der Waals surface area contributed by atoms with Gasteiger partial charge in [0.1, 0.15) is 6.07 Å². The van der Waals surface area contributed by atoms with Gasteiger partial charge >= 0.3 is 0 Å². The molecule has 0 aromatic carbocycles. The van der Waals surface area contributed by atoms with Crippen LogP contribution < -0.4 is 5.73 Å². The molecule has 0 amide bonds. The first-order valence-electron chi connectivity index (χ1n) is 4.46. The summed E-state index contributed by atoms with van der Waals surface area (Å²) in [5, 5.41) is 12.7. The number of rotatable bonds is 2. The Balaban J connectivity index is 1.92. The first-order valence-corrected chi connectivity index (χ1v) is 4.46. The van der Waals surface area contributed by atoms with Crippen molar-refractivity contribution in [2.75, 3.05) is 0 Å². The van der Waals surface area contributed by atoms with Crippen LogP contribution in [0.2, 0.25) is 0 Å². The average Bonchev–Trinajstić information content (AvgIpc) is 2.50. The second-order valence-corrected chi connectivity index (χ2v) is 3.66. The molecule has 0 atom stereocenters. The zero-order valence-electron chi connectivity index (χ0n) is 7.35. The normalized spacial score (nSPS) is 26.5. The fourth-order valence-corrected chi connectivity index (χ4v) is 1.72. The zero-order valence-corrected chi connectivity index (χ0v) is 7.35. The Morgan fingerprint density at radius 3 is 3.00 bits per heavy atom. The van der Waals surface area contributed by atoms with Gasteiger partial charge in [-0.1, -0.05) is 0 Å². The third-order valence-electron chi connectivity index (χ3n) is 2.48. The number of nitrogens with zero attached hydrogens (tertiary/aromatic N) is 3. The highest BCUT2D eigenvalue weighted by molar-refractivity contribution is 5.21. The molecular weight excluding hydrogens is 164 g/mol. The minimum absolute atomic E-state index is 0.385. The molecule has 4 nitrogen and oxygen atoms in total. The van der Waals surface area contributed by atoms with Gasteiger partial charge in [0.05, 0.1) is 11.8 Å². The molecule has 1 aliphatic rings. The maximum atomic E-state index is 8.57. The van der Waals surface area contributed by atoms with Crippen LogP contribution in [0.3, 0.4) is 0 Å². The van der Waals surface area contributed by atoms with Crippen molar-refractivity contribution in [2.45, 2.75) is 25.4 Å². The number of nitriles is 1. The lowest BCUT2D eigenvalue weighted by Gasteiger charge is -2.32. The molecule has 0 saturated heterocycles. The minimum Gasteiger partial charge on any atom is -0.328 e. The predicted molar refractivity (Wildman–Crippen MR) is 47.6 cm³/mol. The van der Waals surface area contributed by atoms with Crippen LogP contribution in [0.4, 0.5) is 0 Å². The van der Waals surface area contributed by atoms with Crippen molar-refractivity contribution in [3.8, 4) is 6.07 Å². The molecule has 0 unspecified atom stereocenters. The SMILES string of the molecule is N#Cc1cnn(CC2CC(N)C2)c1. The molecule has 0 spiro atoms. The molecule has 1 aliphatic carbocycles. The van der Waals surface area contributed by atoms with E-state index in [0.717, 1.165) is 19.4 Å². The Labute approximate surface area is 77.0 Å². The quantitative estimate of drug-likeness (QED) is 0.713. The largest absolute Gasteiger partial charge is 0.328 e. The molecule has 2 N–H and O–H groups in total. The van der Waals surface area contributed by atoms with E-state index in [0.29, 0.717) is 17.5 Å². The summed E-state index contributed by atoms with van der Waals surface area (Å²) in [6.07, 6.45) is 5.55. The first kappa shape index (κ1) is 8.27. The molecular formula is C9H12N4. The summed E-state index contributed by atoms with van der Waals surface area (Å²) in [4.78, 5) is 0. The van der Waals surface area contributed by atoms with Gasteiger partial charge in [0, 0.05) is 18.8 Å². The van der Waals surface area contributed by atoms with Crippen molar-refractivity contribution in [1.29, 1.82) is 5.26 Å². The molecule has 0 radical (unpaired) electrons. The van der Waals surface area contributed by atoms with E-state index in [-0.39, 0.29) is 0 Å². The Hall–Kier alpha value is -1.34. The van der Waals surface area contributed by atoms with Crippen LogP contribution in [0.5, 0.6) is 0 Å². The van der Waals surface area contributed by atoms with Gasteiger partial charge in [0.25, 0.3) is 0 Å². The van der Waals surface area contributed by atoms with Crippen molar-refractivity contribution in [2.24, 2.45) is 11.7 Å². The van der Waals surface area contributed by atoms with Crippen molar-refractivity contribution < 1.29 is 0 Å². The maximum absolute atomic E-state index is 8.57. The van der Waals surface area contributed by atoms with Crippen LogP contribution in [0, 0.1) is 17.2 Å². The lowest BCUT2D eigenvalue weighted by molar-refractivity contribution is 0.227. The fourth-order valence-electron chi connectivity index (χ4n) is 1.72. The van der Waals surface area contributed by atoms with Gasteiger partial charge in [-0.25, -0.2) is 0 Å². The van der Waals surface area contributed by atoms with Gasteiger partial charge in [-0.05, 0) is 18.8 Å². The number of hydrogen-bond acceptors (Lipinski definition) is 3. The number of aromatic nitrogens is 2. The van der Waals surface area contributed by atoms with Gasteiger partial charge in [0.15, 0.2) is 0 Å². The lowest BCUT2D eigenvalue weighted by atomic mass is 9.81. The summed E-state index contributed by atoms with van der Waals surface area (Å²) in [5.41, 5.74) is 6.30. The topological polar surface area (TPSA) is 67.6 Å². The van der Waals surface area contributed by atoms with E-state index >= 15 is 0 Å². The molecule has 4 heteroatoms. The molecule has 1 aromatic heterocycles. The highest BCUT2D eigenvalue weighted by atomic mass is 15.3. The van der Waals surface area contributed by atoms with Crippen LogP contribution in [0.25, 0.3) is 0 Å². The van der Waals surface area contributed by atoms with Gasteiger partial charge in [-0.2, -0.15) is 10.4 Å². The van der Waals surface area contributed by atoms with E-state index in [1.165, 1.54) is 0 Å². The van der Waals surface area contributed by atoms with Gasteiger partial charge in [-0.15, -0.1) is 0 Å². The third kappa shape index (κ3) is 1.70.